The highest BCUT2D eigenvalue weighted by Gasteiger charge is 2.38. The summed E-state index contributed by atoms with van der Waals surface area (Å²) in [6, 6.07) is 48.0. The highest BCUT2D eigenvalue weighted by Crippen LogP contribution is 2.48. The molecule has 0 aliphatic carbocycles. The number of aryl methyl sites for hydroxylation is 3. The first-order chi connectivity index (χ1) is 28.6. The number of hydrogen-bond donors (Lipinski definition) is 0. The molecule has 0 N–H and O–H groups in total. The van der Waals surface area contributed by atoms with Crippen LogP contribution >= 0.6 is 0 Å². The van der Waals surface area contributed by atoms with E-state index in [1.807, 2.05) is 0 Å². The Balaban J connectivity index is 1.39. The minimum atomic E-state index is -0.0518. The third kappa shape index (κ3) is 5.76. The van der Waals surface area contributed by atoms with Gasteiger partial charge in [0.2, 0.25) is 6.71 Å². The number of benzene rings is 8. The van der Waals surface area contributed by atoms with Gasteiger partial charge >= 0.3 is 0 Å². The molecule has 0 unspecified atom stereocenters. The predicted molar refractivity (Wildman–Crippen MR) is 262 cm³/mol. The number of nitrogens with zero attached hydrogens (tertiary/aromatic N) is 1. The first kappa shape index (κ1) is 38.2. The van der Waals surface area contributed by atoms with Gasteiger partial charge in [0, 0.05) is 33.4 Å². The van der Waals surface area contributed by atoms with Crippen LogP contribution in [-0.2, 0) is 10.8 Å². The largest absolute Gasteiger partial charge is 0.455 e. The van der Waals surface area contributed by atoms with E-state index in [4.69, 9.17) is 4.42 Å². The monoisotopic (exact) mass is 779 g/mol. The molecule has 0 bridgehead atoms. The normalized spacial score (nSPS) is 13.2. The van der Waals surface area contributed by atoms with E-state index in [0.29, 0.717) is 0 Å². The van der Waals surface area contributed by atoms with Crippen molar-refractivity contribution in [1.29, 1.82) is 0 Å². The SMILES string of the molecule is CB1c2cc3c(C)c4ccccc4c(C)c3cc2N(c2cc(C(C)(C)C)cc(C(C)(C)C)c2)c2cc3c(oc4ccccc43)c(-c3cccc(-c4ccccc4C)c3C)c21. The van der Waals surface area contributed by atoms with E-state index in [-0.39, 0.29) is 17.5 Å². The zero-order valence-electron chi connectivity index (χ0n) is 37.1. The van der Waals surface area contributed by atoms with Gasteiger partial charge in [0.15, 0.2) is 0 Å². The van der Waals surface area contributed by atoms with Crippen molar-refractivity contribution >= 4 is 78.2 Å². The highest BCUT2D eigenvalue weighted by molar-refractivity contribution is 6.89. The van der Waals surface area contributed by atoms with Crippen molar-refractivity contribution in [3.63, 3.8) is 0 Å². The maximum atomic E-state index is 7.07. The van der Waals surface area contributed by atoms with Gasteiger partial charge in [-0.3, -0.25) is 0 Å². The number of rotatable bonds is 3. The summed E-state index contributed by atoms with van der Waals surface area (Å²) in [5.74, 6) is 0. The Kier molecular flexibility index (Phi) is 8.57. The van der Waals surface area contributed by atoms with E-state index in [2.05, 4.69) is 208 Å². The number of furan rings is 1. The fraction of sp³-hybridized carbons (Fsp3) is 0.228. The van der Waals surface area contributed by atoms with Gasteiger partial charge in [0.1, 0.15) is 11.2 Å². The van der Waals surface area contributed by atoms with Crippen LogP contribution in [0.25, 0.3) is 65.7 Å². The molecule has 2 nitrogen and oxygen atoms in total. The van der Waals surface area contributed by atoms with Crippen molar-refractivity contribution < 1.29 is 4.42 Å². The van der Waals surface area contributed by atoms with Gasteiger partial charge in [-0.25, -0.2) is 0 Å². The van der Waals surface area contributed by atoms with E-state index >= 15 is 0 Å². The van der Waals surface area contributed by atoms with Crippen LogP contribution in [0.4, 0.5) is 17.1 Å². The van der Waals surface area contributed by atoms with Crippen LogP contribution < -0.4 is 15.8 Å². The maximum Gasteiger partial charge on any atom is 0.212 e. The average Bonchev–Trinajstić information content (AvgIpc) is 3.60. The van der Waals surface area contributed by atoms with Gasteiger partial charge < -0.3 is 9.32 Å². The van der Waals surface area contributed by atoms with Crippen LogP contribution in [0, 0.1) is 27.7 Å². The lowest BCUT2D eigenvalue weighted by molar-refractivity contribution is 0.569. The Labute approximate surface area is 356 Å². The van der Waals surface area contributed by atoms with E-state index in [9.17, 15) is 0 Å². The first-order valence-electron chi connectivity index (χ1n) is 21.7. The summed E-state index contributed by atoms with van der Waals surface area (Å²) in [5, 5.41) is 7.55. The molecule has 0 amide bonds. The van der Waals surface area contributed by atoms with Gasteiger partial charge in [0.25, 0.3) is 0 Å². The van der Waals surface area contributed by atoms with Gasteiger partial charge in [-0.05, 0) is 146 Å². The van der Waals surface area contributed by atoms with Gasteiger partial charge in [0.05, 0.1) is 0 Å². The lowest BCUT2D eigenvalue weighted by Gasteiger charge is -2.39. The number of anilines is 3. The fourth-order valence-electron chi connectivity index (χ4n) is 10.2. The quantitative estimate of drug-likeness (QED) is 0.131. The van der Waals surface area contributed by atoms with Crippen LogP contribution in [-0.4, -0.2) is 6.71 Å². The van der Waals surface area contributed by atoms with Crippen molar-refractivity contribution in [3.8, 4) is 22.3 Å². The molecule has 8 aromatic carbocycles. The summed E-state index contributed by atoms with van der Waals surface area (Å²) in [5.41, 5.74) is 20.8. The van der Waals surface area contributed by atoms with Crippen molar-refractivity contribution in [3.05, 3.63) is 161 Å². The standard InChI is InChI=1S/C57H54BNO/c1-33-19-12-13-20-40(33)41-24-18-25-44(34(41)2)53-54-51(32-48-45-23-16-17-26-52(45)60-55(48)53)59(39-28-37(56(5,6)7)27-38(29-39)57(8,9)10)50-31-47-36(4)43-22-15-14-21-42(43)35(3)46(47)30-49(50)58(54)11/h12-32H,1-11H3. The van der Waals surface area contributed by atoms with Crippen molar-refractivity contribution in [2.45, 2.75) is 86.9 Å². The molecular formula is C57H54BNO. The molecule has 1 aromatic heterocycles. The number of hydrogen-bond acceptors (Lipinski definition) is 2. The Morgan fingerprint density at radius 1 is 0.483 bits per heavy atom. The maximum absolute atomic E-state index is 7.07. The van der Waals surface area contributed by atoms with Gasteiger partial charge in [-0.15, -0.1) is 0 Å². The Bertz CT molecular complexity index is 3210. The van der Waals surface area contributed by atoms with Crippen molar-refractivity contribution in [2.24, 2.45) is 0 Å². The van der Waals surface area contributed by atoms with E-state index in [1.165, 1.54) is 105 Å². The van der Waals surface area contributed by atoms with Crippen molar-refractivity contribution in [2.75, 3.05) is 4.90 Å². The Hall–Kier alpha value is -6.06. The highest BCUT2D eigenvalue weighted by atomic mass is 16.3. The summed E-state index contributed by atoms with van der Waals surface area (Å²) in [7, 11) is 0. The van der Waals surface area contributed by atoms with Gasteiger partial charge in [-0.2, -0.15) is 0 Å². The molecule has 3 heteroatoms. The molecule has 60 heavy (non-hydrogen) atoms. The molecule has 10 rings (SSSR count). The van der Waals surface area contributed by atoms with E-state index in [0.717, 1.165) is 21.9 Å². The second-order valence-electron chi connectivity index (χ2n) is 19.5. The van der Waals surface area contributed by atoms with E-state index < -0.39 is 0 Å². The smallest absolute Gasteiger partial charge is 0.212 e. The molecule has 1 aliphatic rings. The van der Waals surface area contributed by atoms with Crippen LogP contribution in [0.3, 0.4) is 0 Å². The lowest BCUT2D eigenvalue weighted by Crippen LogP contribution is -2.49. The molecule has 2 heterocycles. The van der Waals surface area contributed by atoms with Crippen molar-refractivity contribution in [1.82, 2.24) is 0 Å². The van der Waals surface area contributed by atoms with Crippen LogP contribution in [0.15, 0.2) is 132 Å². The summed E-state index contributed by atoms with van der Waals surface area (Å²) >= 11 is 0. The fourth-order valence-corrected chi connectivity index (χ4v) is 10.2. The number of fused-ring (bicyclic) bond motifs is 7. The average molecular weight is 780 g/mol. The molecule has 0 radical (unpaired) electrons. The van der Waals surface area contributed by atoms with E-state index in [1.54, 1.807) is 0 Å². The molecule has 0 saturated heterocycles. The van der Waals surface area contributed by atoms with Gasteiger partial charge in [-0.1, -0.05) is 151 Å². The third-order valence-corrected chi connectivity index (χ3v) is 13.7. The molecule has 296 valence electrons. The third-order valence-electron chi connectivity index (χ3n) is 13.7. The topological polar surface area (TPSA) is 16.4 Å². The summed E-state index contributed by atoms with van der Waals surface area (Å²) in [6.45, 7) is 25.7. The molecule has 1 aliphatic heterocycles. The Morgan fingerprint density at radius 2 is 1.03 bits per heavy atom. The molecule has 0 saturated carbocycles. The summed E-state index contributed by atoms with van der Waals surface area (Å²) < 4.78 is 7.07. The lowest BCUT2D eigenvalue weighted by atomic mass is 9.39. The second-order valence-corrected chi connectivity index (χ2v) is 19.5. The molecule has 0 spiro atoms. The first-order valence-corrected chi connectivity index (χ1v) is 21.7. The molecule has 0 fully saturated rings. The second kappa shape index (κ2) is 13.5. The summed E-state index contributed by atoms with van der Waals surface area (Å²) in [4.78, 5) is 2.61. The predicted octanol–water partition coefficient (Wildman–Crippen LogP) is 15.1. The minimum absolute atomic E-state index is 0.0518. The molecule has 9 aromatic rings. The summed E-state index contributed by atoms with van der Waals surface area (Å²) in [6.07, 6.45) is 0. The minimum Gasteiger partial charge on any atom is -0.455 e. The zero-order chi connectivity index (χ0) is 42.0. The van der Waals surface area contributed by atoms with Crippen LogP contribution in [0.1, 0.15) is 74.9 Å². The van der Waals surface area contributed by atoms with Crippen LogP contribution in [0.5, 0.6) is 0 Å². The molecule has 0 atom stereocenters. The number of para-hydroxylation sites is 1. The molecular weight excluding hydrogens is 725 g/mol. The zero-order valence-corrected chi connectivity index (χ0v) is 37.1. The Morgan fingerprint density at radius 3 is 1.68 bits per heavy atom. The van der Waals surface area contributed by atoms with Crippen LogP contribution in [0.2, 0.25) is 6.82 Å².